The molecule has 0 spiro atoms. The van der Waals surface area contributed by atoms with Gasteiger partial charge in [-0.15, -0.1) is 0 Å². The average molecular weight is 274 g/mol. The molecule has 2 aromatic carbocycles. The monoisotopic (exact) mass is 274 g/mol. The van der Waals surface area contributed by atoms with Crippen LogP contribution in [0.5, 0.6) is 5.75 Å². The first-order chi connectivity index (χ1) is 9.58. The SMILES string of the molecule is CC(Oc1c(N)cccc1F)C(=O)Nc1ccccc1. The minimum Gasteiger partial charge on any atom is -0.476 e. The van der Waals surface area contributed by atoms with E-state index in [4.69, 9.17) is 10.5 Å². The van der Waals surface area contributed by atoms with Crippen LogP contribution in [0.25, 0.3) is 0 Å². The Labute approximate surface area is 116 Å². The van der Waals surface area contributed by atoms with Crippen LogP contribution in [0.15, 0.2) is 48.5 Å². The van der Waals surface area contributed by atoms with E-state index in [1.807, 2.05) is 6.07 Å². The van der Waals surface area contributed by atoms with Gasteiger partial charge in [-0.1, -0.05) is 24.3 Å². The fraction of sp³-hybridized carbons (Fsp3) is 0.133. The molecule has 0 heterocycles. The third-order valence-electron chi connectivity index (χ3n) is 2.70. The number of benzene rings is 2. The normalized spacial score (nSPS) is 11.7. The zero-order valence-corrected chi connectivity index (χ0v) is 11.0. The summed E-state index contributed by atoms with van der Waals surface area (Å²) in [6.07, 6.45) is -0.866. The number of ether oxygens (including phenoxy) is 1. The molecule has 0 saturated carbocycles. The van der Waals surface area contributed by atoms with Crippen LogP contribution in [0.2, 0.25) is 0 Å². The molecule has 5 heteroatoms. The van der Waals surface area contributed by atoms with E-state index in [9.17, 15) is 9.18 Å². The van der Waals surface area contributed by atoms with Crippen molar-refractivity contribution < 1.29 is 13.9 Å². The lowest BCUT2D eigenvalue weighted by Crippen LogP contribution is -2.30. The summed E-state index contributed by atoms with van der Waals surface area (Å²) in [5.41, 5.74) is 6.43. The molecule has 4 nitrogen and oxygen atoms in total. The van der Waals surface area contributed by atoms with E-state index in [-0.39, 0.29) is 17.3 Å². The molecule has 104 valence electrons. The van der Waals surface area contributed by atoms with E-state index >= 15 is 0 Å². The molecular weight excluding hydrogens is 259 g/mol. The predicted octanol–water partition coefficient (Wildman–Crippen LogP) is 2.81. The number of carbonyl (C=O) groups excluding carboxylic acids is 1. The number of para-hydroxylation sites is 2. The molecule has 0 saturated heterocycles. The molecule has 1 amide bonds. The minimum atomic E-state index is -0.866. The summed E-state index contributed by atoms with van der Waals surface area (Å²) in [5.74, 6) is -1.08. The van der Waals surface area contributed by atoms with Crippen LogP contribution in [0.1, 0.15) is 6.92 Å². The standard InChI is InChI=1S/C15H15FN2O2/c1-10(15(19)18-11-6-3-2-4-7-11)20-14-12(16)8-5-9-13(14)17/h2-10H,17H2,1H3,(H,18,19). The summed E-state index contributed by atoms with van der Waals surface area (Å²) >= 11 is 0. The van der Waals surface area contributed by atoms with Crippen molar-refractivity contribution >= 4 is 17.3 Å². The Morgan fingerprint density at radius 3 is 2.55 bits per heavy atom. The van der Waals surface area contributed by atoms with Crippen molar-refractivity contribution in [2.45, 2.75) is 13.0 Å². The van der Waals surface area contributed by atoms with Gasteiger partial charge >= 0.3 is 0 Å². The minimum absolute atomic E-state index is 0.108. The van der Waals surface area contributed by atoms with Crippen molar-refractivity contribution in [3.05, 3.63) is 54.3 Å². The van der Waals surface area contributed by atoms with Crippen LogP contribution in [0, 0.1) is 5.82 Å². The third kappa shape index (κ3) is 3.26. The first kappa shape index (κ1) is 13.9. The number of carbonyl (C=O) groups is 1. The van der Waals surface area contributed by atoms with Crippen molar-refractivity contribution in [1.29, 1.82) is 0 Å². The quantitative estimate of drug-likeness (QED) is 0.843. The second-order valence-electron chi connectivity index (χ2n) is 4.27. The zero-order chi connectivity index (χ0) is 14.5. The topological polar surface area (TPSA) is 64.3 Å². The molecular formula is C15H15FN2O2. The summed E-state index contributed by atoms with van der Waals surface area (Å²) < 4.78 is 18.9. The Kier molecular flexibility index (Phi) is 4.20. The number of nitrogens with two attached hydrogens (primary N) is 1. The molecule has 0 radical (unpaired) electrons. The maximum absolute atomic E-state index is 13.6. The van der Waals surface area contributed by atoms with E-state index in [0.29, 0.717) is 5.69 Å². The van der Waals surface area contributed by atoms with Gasteiger partial charge in [-0.25, -0.2) is 4.39 Å². The number of hydrogen-bond donors (Lipinski definition) is 2. The van der Waals surface area contributed by atoms with Crippen molar-refractivity contribution in [3.8, 4) is 5.75 Å². The van der Waals surface area contributed by atoms with Gasteiger partial charge in [0, 0.05) is 5.69 Å². The molecule has 0 aliphatic rings. The van der Waals surface area contributed by atoms with E-state index in [1.54, 1.807) is 24.3 Å². The fourth-order valence-corrected chi connectivity index (χ4v) is 1.65. The molecule has 20 heavy (non-hydrogen) atoms. The summed E-state index contributed by atoms with van der Waals surface area (Å²) in [7, 11) is 0. The number of hydrogen-bond acceptors (Lipinski definition) is 3. The van der Waals surface area contributed by atoms with Crippen LogP contribution in [0.4, 0.5) is 15.8 Å². The summed E-state index contributed by atoms with van der Waals surface area (Å²) in [5, 5.41) is 2.67. The van der Waals surface area contributed by atoms with Crippen LogP contribution >= 0.6 is 0 Å². The van der Waals surface area contributed by atoms with Gasteiger partial charge in [0.15, 0.2) is 17.7 Å². The van der Waals surface area contributed by atoms with Crippen LogP contribution < -0.4 is 15.8 Å². The van der Waals surface area contributed by atoms with Gasteiger partial charge in [0.25, 0.3) is 5.91 Å². The molecule has 0 aromatic heterocycles. The first-order valence-electron chi connectivity index (χ1n) is 6.14. The Bertz CT molecular complexity index is 582. The maximum atomic E-state index is 13.6. The Morgan fingerprint density at radius 1 is 1.20 bits per heavy atom. The van der Waals surface area contributed by atoms with E-state index in [0.717, 1.165) is 0 Å². The lowest BCUT2D eigenvalue weighted by molar-refractivity contribution is -0.122. The lowest BCUT2D eigenvalue weighted by Gasteiger charge is -2.16. The van der Waals surface area contributed by atoms with E-state index in [2.05, 4.69) is 5.32 Å². The van der Waals surface area contributed by atoms with Crippen molar-refractivity contribution in [2.75, 3.05) is 11.1 Å². The molecule has 0 bridgehead atoms. The van der Waals surface area contributed by atoms with Gasteiger partial charge in [0.1, 0.15) is 0 Å². The Hall–Kier alpha value is -2.56. The highest BCUT2D eigenvalue weighted by Crippen LogP contribution is 2.25. The van der Waals surface area contributed by atoms with Gasteiger partial charge in [0.05, 0.1) is 5.69 Å². The second kappa shape index (κ2) is 6.06. The van der Waals surface area contributed by atoms with Crippen LogP contribution in [0.3, 0.4) is 0 Å². The third-order valence-corrected chi connectivity index (χ3v) is 2.70. The highest BCUT2D eigenvalue weighted by atomic mass is 19.1. The summed E-state index contributed by atoms with van der Waals surface area (Å²) in [6, 6.07) is 13.2. The van der Waals surface area contributed by atoms with Gasteiger partial charge < -0.3 is 15.8 Å². The van der Waals surface area contributed by atoms with Gasteiger partial charge in [0.2, 0.25) is 0 Å². The molecule has 0 aliphatic carbocycles. The van der Waals surface area contributed by atoms with Gasteiger partial charge in [-0.2, -0.15) is 0 Å². The van der Waals surface area contributed by atoms with E-state index < -0.39 is 11.9 Å². The molecule has 0 aliphatic heterocycles. The molecule has 2 aromatic rings. The summed E-state index contributed by atoms with van der Waals surface area (Å²) in [4.78, 5) is 11.9. The number of nitrogen functional groups attached to an aromatic ring is 1. The van der Waals surface area contributed by atoms with Crippen molar-refractivity contribution in [2.24, 2.45) is 0 Å². The van der Waals surface area contributed by atoms with Gasteiger partial charge in [-0.3, -0.25) is 4.79 Å². The van der Waals surface area contributed by atoms with Crippen molar-refractivity contribution in [3.63, 3.8) is 0 Å². The summed E-state index contributed by atoms with van der Waals surface area (Å²) in [6.45, 7) is 1.53. The van der Waals surface area contributed by atoms with Crippen LogP contribution in [-0.2, 0) is 4.79 Å². The molecule has 2 rings (SSSR count). The first-order valence-corrected chi connectivity index (χ1v) is 6.14. The molecule has 0 fully saturated rings. The number of anilines is 2. The van der Waals surface area contributed by atoms with Crippen LogP contribution in [-0.4, -0.2) is 12.0 Å². The molecule has 1 atom stereocenters. The van der Waals surface area contributed by atoms with Gasteiger partial charge in [-0.05, 0) is 31.2 Å². The largest absolute Gasteiger partial charge is 0.476 e. The highest BCUT2D eigenvalue weighted by Gasteiger charge is 2.18. The average Bonchev–Trinajstić information content (AvgIpc) is 2.44. The fourth-order valence-electron chi connectivity index (χ4n) is 1.65. The zero-order valence-electron chi connectivity index (χ0n) is 11.0. The number of rotatable bonds is 4. The van der Waals surface area contributed by atoms with Crippen molar-refractivity contribution in [1.82, 2.24) is 0 Å². The molecule has 3 N–H and O–H groups in total. The molecule has 1 unspecified atom stereocenters. The predicted molar refractivity (Wildman–Crippen MR) is 76.0 cm³/mol. The second-order valence-corrected chi connectivity index (χ2v) is 4.27. The maximum Gasteiger partial charge on any atom is 0.265 e. The Balaban J connectivity index is 2.05. The smallest absolute Gasteiger partial charge is 0.265 e. The van der Waals surface area contributed by atoms with E-state index in [1.165, 1.54) is 25.1 Å². The highest BCUT2D eigenvalue weighted by molar-refractivity contribution is 5.94. The number of amides is 1. The lowest BCUT2D eigenvalue weighted by atomic mass is 10.2. The number of halogens is 1. The Morgan fingerprint density at radius 2 is 1.90 bits per heavy atom. The number of nitrogens with one attached hydrogen (secondary N) is 1.